The molecule has 3 aromatic rings. The predicted molar refractivity (Wildman–Crippen MR) is 101 cm³/mol. The molecule has 0 fully saturated rings. The van der Waals surface area contributed by atoms with Crippen LogP contribution >= 0.6 is 15.9 Å². The van der Waals surface area contributed by atoms with Crippen molar-refractivity contribution in [1.29, 1.82) is 0 Å². The fraction of sp³-hybridized carbons (Fsp3) is 0.158. The van der Waals surface area contributed by atoms with Gasteiger partial charge in [-0.15, -0.1) is 0 Å². The van der Waals surface area contributed by atoms with E-state index in [0.29, 0.717) is 24.5 Å². The van der Waals surface area contributed by atoms with E-state index in [-0.39, 0.29) is 5.91 Å². The fourth-order valence-corrected chi connectivity index (χ4v) is 2.92. The van der Waals surface area contributed by atoms with Gasteiger partial charge >= 0.3 is 0 Å². The highest BCUT2D eigenvalue weighted by Gasteiger charge is 2.11. The lowest BCUT2D eigenvalue weighted by molar-refractivity contribution is 0.102. The number of ether oxygens (including phenoxy) is 1. The van der Waals surface area contributed by atoms with Gasteiger partial charge in [-0.2, -0.15) is 5.10 Å². The number of benzene rings is 2. The molecule has 0 bridgehead atoms. The van der Waals surface area contributed by atoms with Crippen LogP contribution in [0.3, 0.4) is 0 Å². The number of nitrogens with one attached hydrogen (secondary N) is 1. The van der Waals surface area contributed by atoms with Crippen LogP contribution in [0.2, 0.25) is 0 Å². The summed E-state index contributed by atoms with van der Waals surface area (Å²) >= 11 is 3.54. The van der Waals surface area contributed by atoms with Crippen molar-refractivity contribution in [3.8, 4) is 0 Å². The zero-order valence-electron chi connectivity index (χ0n) is 13.8. The Morgan fingerprint density at radius 3 is 2.84 bits per heavy atom. The van der Waals surface area contributed by atoms with Gasteiger partial charge in [0.25, 0.3) is 5.91 Å². The van der Waals surface area contributed by atoms with Crippen molar-refractivity contribution in [3.63, 3.8) is 0 Å². The van der Waals surface area contributed by atoms with Crippen LogP contribution < -0.4 is 5.32 Å². The third-order valence-corrected chi connectivity index (χ3v) is 4.51. The molecular formula is C19H18BrN3O2. The van der Waals surface area contributed by atoms with E-state index in [4.69, 9.17) is 4.74 Å². The molecule has 0 aliphatic rings. The molecule has 0 saturated heterocycles. The molecule has 0 saturated carbocycles. The number of amides is 1. The Morgan fingerprint density at radius 2 is 2.04 bits per heavy atom. The Balaban J connectivity index is 1.76. The second kappa shape index (κ2) is 8.09. The summed E-state index contributed by atoms with van der Waals surface area (Å²) in [4.78, 5) is 12.5. The van der Waals surface area contributed by atoms with Crippen LogP contribution in [0, 0.1) is 0 Å². The molecule has 6 heteroatoms. The maximum Gasteiger partial charge on any atom is 0.256 e. The molecule has 128 valence electrons. The number of hydrogen-bond donors (Lipinski definition) is 1. The van der Waals surface area contributed by atoms with Crippen molar-refractivity contribution in [1.82, 2.24) is 9.78 Å². The van der Waals surface area contributed by atoms with Gasteiger partial charge in [0.1, 0.15) is 5.82 Å². The Morgan fingerprint density at radius 1 is 1.20 bits per heavy atom. The number of rotatable bonds is 6. The first-order valence-corrected chi connectivity index (χ1v) is 8.61. The van der Waals surface area contributed by atoms with Gasteiger partial charge in [-0.1, -0.05) is 46.3 Å². The summed E-state index contributed by atoms with van der Waals surface area (Å²) in [5.74, 6) is 0.477. The lowest BCUT2D eigenvalue weighted by Crippen LogP contribution is -2.16. The summed E-state index contributed by atoms with van der Waals surface area (Å²) in [6.07, 6.45) is 1.67. The molecule has 0 radical (unpaired) electrons. The first kappa shape index (κ1) is 17.4. The summed E-state index contributed by atoms with van der Waals surface area (Å²) in [6, 6.07) is 17.1. The van der Waals surface area contributed by atoms with Crippen LogP contribution in [0.15, 0.2) is 65.3 Å². The summed E-state index contributed by atoms with van der Waals surface area (Å²) in [5, 5.41) is 7.23. The van der Waals surface area contributed by atoms with Crippen molar-refractivity contribution in [2.24, 2.45) is 0 Å². The lowest BCUT2D eigenvalue weighted by Gasteiger charge is -2.11. The van der Waals surface area contributed by atoms with E-state index >= 15 is 0 Å². The van der Waals surface area contributed by atoms with Gasteiger partial charge in [-0.25, -0.2) is 4.68 Å². The molecule has 2 aromatic carbocycles. The number of nitrogens with zero attached hydrogens (tertiary/aromatic N) is 2. The number of halogens is 1. The number of aromatic nitrogens is 2. The molecule has 1 amide bonds. The normalized spacial score (nSPS) is 10.6. The van der Waals surface area contributed by atoms with Gasteiger partial charge in [0.15, 0.2) is 0 Å². The molecule has 25 heavy (non-hydrogen) atoms. The van der Waals surface area contributed by atoms with E-state index in [0.717, 1.165) is 15.6 Å². The van der Waals surface area contributed by atoms with Crippen molar-refractivity contribution in [2.75, 3.05) is 12.4 Å². The van der Waals surface area contributed by atoms with Crippen LogP contribution in [-0.2, 0) is 17.9 Å². The topological polar surface area (TPSA) is 56.1 Å². The molecule has 5 nitrogen and oxygen atoms in total. The molecule has 0 aliphatic heterocycles. The zero-order chi connectivity index (χ0) is 17.6. The van der Waals surface area contributed by atoms with Crippen molar-refractivity contribution in [2.45, 2.75) is 13.2 Å². The van der Waals surface area contributed by atoms with Gasteiger partial charge in [0.05, 0.1) is 19.3 Å². The van der Waals surface area contributed by atoms with Crippen LogP contribution in [0.4, 0.5) is 5.82 Å². The van der Waals surface area contributed by atoms with Crippen LogP contribution in [0.25, 0.3) is 0 Å². The number of hydrogen-bond acceptors (Lipinski definition) is 3. The van der Waals surface area contributed by atoms with Gasteiger partial charge in [-0.05, 0) is 29.3 Å². The molecule has 0 unspecified atom stereocenters. The molecule has 1 heterocycles. The minimum atomic E-state index is -0.174. The van der Waals surface area contributed by atoms with Crippen molar-refractivity contribution >= 4 is 27.7 Å². The number of carbonyl (C=O) groups excluding carboxylic acids is 1. The smallest absolute Gasteiger partial charge is 0.256 e. The monoisotopic (exact) mass is 399 g/mol. The summed E-state index contributed by atoms with van der Waals surface area (Å²) in [7, 11) is 1.63. The highest BCUT2D eigenvalue weighted by Crippen LogP contribution is 2.19. The average molecular weight is 400 g/mol. The Labute approximate surface area is 154 Å². The third kappa shape index (κ3) is 4.35. The zero-order valence-corrected chi connectivity index (χ0v) is 15.4. The maximum atomic E-state index is 12.5. The Hall–Kier alpha value is -2.44. The lowest BCUT2D eigenvalue weighted by atomic mass is 10.1. The molecule has 0 aliphatic carbocycles. The van der Waals surface area contributed by atoms with E-state index in [9.17, 15) is 4.79 Å². The first-order valence-electron chi connectivity index (χ1n) is 7.82. The van der Waals surface area contributed by atoms with Crippen molar-refractivity contribution in [3.05, 3.63) is 82.0 Å². The number of carbonyl (C=O) groups is 1. The second-order valence-corrected chi connectivity index (χ2v) is 6.41. The van der Waals surface area contributed by atoms with Gasteiger partial charge < -0.3 is 10.1 Å². The predicted octanol–water partition coefficient (Wildman–Crippen LogP) is 4.09. The quantitative estimate of drug-likeness (QED) is 0.678. The summed E-state index contributed by atoms with van der Waals surface area (Å²) in [5.41, 5.74) is 2.63. The van der Waals surface area contributed by atoms with Crippen molar-refractivity contribution < 1.29 is 9.53 Å². The largest absolute Gasteiger partial charge is 0.380 e. The van der Waals surface area contributed by atoms with Gasteiger partial charge in [-0.3, -0.25) is 4.79 Å². The Bertz CT molecular complexity index is 876. The molecular weight excluding hydrogens is 382 g/mol. The van der Waals surface area contributed by atoms with Crippen LogP contribution in [-0.4, -0.2) is 22.8 Å². The fourth-order valence-electron chi connectivity index (χ4n) is 2.51. The van der Waals surface area contributed by atoms with Gasteiger partial charge in [0.2, 0.25) is 0 Å². The average Bonchev–Trinajstić information content (AvgIpc) is 3.04. The maximum absolute atomic E-state index is 12.5. The van der Waals surface area contributed by atoms with E-state index < -0.39 is 0 Å². The highest BCUT2D eigenvalue weighted by molar-refractivity contribution is 9.10. The number of anilines is 1. The standard InChI is InChI=1S/C19H18BrN3O2/c1-25-13-14-5-4-7-15(11-14)19(24)22-18-9-10-21-23(18)12-16-6-2-3-8-17(16)20/h2-11H,12-13H2,1H3,(H,22,24). The van der Waals surface area contributed by atoms with E-state index in [2.05, 4.69) is 26.3 Å². The molecule has 1 N–H and O–H groups in total. The first-order chi connectivity index (χ1) is 12.2. The SMILES string of the molecule is COCc1cccc(C(=O)Nc2ccnn2Cc2ccccc2Br)c1. The third-order valence-electron chi connectivity index (χ3n) is 3.74. The van der Waals surface area contributed by atoms with Crippen LogP contribution in [0.1, 0.15) is 21.5 Å². The second-order valence-electron chi connectivity index (χ2n) is 5.55. The molecule has 0 spiro atoms. The molecule has 1 aromatic heterocycles. The Kier molecular flexibility index (Phi) is 5.63. The number of methoxy groups -OCH3 is 1. The van der Waals surface area contributed by atoms with E-state index in [1.165, 1.54) is 0 Å². The highest BCUT2D eigenvalue weighted by atomic mass is 79.9. The molecule has 0 atom stereocenters. The minimum Gasteiger partial charge on any atom is -0.380 e. The minimum absolute atomic E-state index is 0.174. The van der Waals surface area contributed by atoms with E-state index in [1.807, 2.05) is 42.5 Å². The molecule has 3 rings (SSSR count). The van der Waals surface area contributed by atoms with Gasteiger partial charge in [0, 0.05) is 23.2 Å². The summed E-state index contributed by atoms with van der Waals surface area (Å²) in [6.45, 7) is 1.04. The summed E-state index contributed by atoms with van der Waals surface area (Å²) < 4.78 is 7.89. The van der Waals surface area contributed by atoms with E-state index in [1.54, 1.807) is 30.1 Å². The van der Waals surface area contributed by atoms with Crippen LogP contribution in [0.5, 0.6) is 0 Å².